The third-order valence-electron chi connectivity index (χ3n) is 3.29. The SMILES string of the molecule is CCCCCCC(CC(C)[O])c1ccccc1. The molecular formula is C16H25O. The largest absolute Gasteiger partial charge is 0.233 e. The van der Waals surface area contributed by atoms with E-state index in [9.17, 15) is 5.11 Å². The van der Waals surface area contributed by atoms with Gasteiger partial charge in [-0.1, -0.05) is 62.9 Å². The molecule has 0 spiro atoms. The number of benzene rings is 1. The molecule has 1 radical (unpaired) electrons. The lowest BCUT2D eigenvalue weighted by Gasteiger charge is -2.18. The van der Waals surface area contributed by atoms with E-state index in [0.717, 1.165) is 12.8 Å². The summed E-state index contributed by atoms with van der Waals surface area (Å²) in [6, 6.07) is 10.5. The van der Waals surface area contributed by atoms with Crippen molar-refractivity contribution in [3.8, 4) is 0 Å². The van der Waals surface area contributed by atoms with Crippen molar-refractivity contribution in [2.75, 3.05) is 0 Å². The molecule has 1 rings (SSSR count). The summed E-state index contributed by atoms with van der Waals surface area (Å²) in [4.78, 5) is 0. The van der Waals surface area contributed by atoms with Gasteiger partial charge in [0.05, 0.1) is 6.10 Å². The van der Waals surface area contributed by atoms with Crippen LogP contribution in [0.15, 0.2) is 30.3 Å². The maximum atomic E-state index is 11.4. The smallest absolute Gasteiger partial charge is 0.0907 e. The lowest BCUT2D eigenvalue weighted by Crippen LogP contribution is -2.07. The van der Waals surface area contributed by atoms with Gasteiger partial charge in [0, 0.05) is 0 Å². The number of rotatable bonds is 8. The summed E-state index contributed by atoms with van der Waals surface area (Å²) in [5.74, 6) is 0.459. The van der Waals surface area contributed by atoms with E-state index in [4.69, 9.17) is 0 Å². The molecule has 2 atom stereocenters. The van der Waals surface area contributed by atoms with Crippen molar-refractivity contribution in [2.24, 2.45) is 0 Å². The molecule has 0 N–H and O–H groups in total. The topological polar surface area (TPSA) is 19.9 Å². The second-order valence-electron chi connectivity index (χ2n) is 5.00. The van der Waals surface area contributed by atoms with Crippen LogP contribution in [-0.4, -0.2) is 6.10 Å². The first kappa shape index (κ1) is 14.2. The molecule has 1 aromatic rings. The normalized spacial score (nSPS) is 14.5. The summed E-state index contributed by atoms with van der Waals surface area (Å²) in [5, 5.41) is 11.4. The van der Waals surface area contributed by atoms with E-state index in [-0.39, 0.29) is 0 Å². The molecule has 0 saturated carbocycles. The van der Waals surface area contributed by atoms with Crippen LogP contribution in [-0.2, 0) is 5.11 Å². The van der Waals surface area contributed by atoms with Crippen LogP contribution in [0.25, 0.3) is 0 Å². The van der Waals surface area contributed by atoms with E-state index in [2.05, 4.69) is 31.2 Å². The highest BCUT2D eigenvalue weighted by molar-refractivity contribution is 5.19. The Morgan fingerprint density at radius 1 is 1.06 bits per heavy atom. The van der Waals surface area contributed by atoms with Gasteiger partial charge in [-0.2, -0.15) is 0 Å². The molecule has 1 heteroatoms. The van der Waals surface area contributed by atoms with Gasteiger partial charge in [0.25, 0.3) is 0 Å². The molecule has 17 heavy (non-hydrogen) atoms. The molecule has 0 aromatic heterocycles. The summed E-state index contributed by atoms with van der Waals surface area (Å²) in [7, 11) is 0. The van der Waals surface area contributed by atoms with Gasteiger partial charge in [-0.3, -0.25) is 0 Å². The van der Waals surface area contributed by atoms with E-state index in [1.54, 1.807) is 6.92 Å². The molecule has 0 aliphatic heterocycles. The second-order valence-corrected chi connectivity index (χ2v) is 5.00. The zero-order valence-corrected chi connectivity index (χ0v) is 11.2. The van der Waals surface area contributed by atoms with Crippen LogP contribution in [0, 0.1) is 0 Å². The molecule has 1 aromatic carbocycles. The molecule has 0 saturated heterocycles. The Morgan fingerprint density at radius 2 is 1.76 bits per heavy atom. The Kier molecular flexibility index (Phi) is 6.95. The van der Waals surface area contributed by atoms with Gasteiger partial charge in [-0.05, 0) is 31.2 Å². The fourth-order valence-corrected chi connectivity index (χ4v) is 2.36. The first-order chi connectivity index (χ1) is 8.24. The minimum Gasteiger partial charge on any atom is -0.233 e. The summed E-state index contributed by atoms with van der Waals surface area (Å²) in [6.07, 6.45) is 6.62. The first-order valence-corrected chi connectivity index (χ1v) is 6.94. The highest BCUT2D eigenvalue weighted by Crippen LogP contribution is 2.27. The quantitative estimate of drug-likeness (QED) is 0.566. The molecule has 2 unspecified atom stereocenters. The van der Waals surface area contributed by atoms with Gasteiger partial charge >= 0.3 is 0 Å². The standard InChI is InChI=1S/C16H25O/c1-3-4-5-7-12-16(13-14(2)17)15-10-8-6-9-11-15/h6,8-11,14,16H,3-5,7,12-13H2,1-2H3. The van der Waals surface area contributed by atoms with Gasteiger partial charge in [-0.15, -0.1) is 0 Å². The number of hydrogen-bond donors (Lipinski definition) is 0. The lowest BCUT2D eigenvalue weighted by molar-refractivity contribution is 0.0894. The Hall–Kier alpha value is -0.820. The molecule has 0 fully saturated rings. The molecule has 0 amide bonds. The minimum atomic E-state index is -0.452. The third kappa shape index (κ3) is 5.88. The van der Waals surface area contributed by atoms with E-state index in [1.165, 1.54) is 31.2 Å². The van der Waals surface area contributed by atoms with Gasteiger partial charge in [-0.25, -0.2) is 5.11 Å². The van der Waals surface area contributed by atoms with Gasteiger partial charge < -0.3 is 0 Å². The fraction of sp³-hybridized carbons (Fsp3) is 0.625. The van der Waals surface area contributed by atoms with Crippen LogP contribution >= 0.6 is 0 Å². The van der Waals surface area contributed by atoms with E-state index >= 15 is 0 Å². The highest BCUT2D eigenvalue weighted by Gasteiger charge is 2.14. The Labute approximate surface area is 106 Å². The van der Waals surface area contributed by atoms with E-state index < -0.39 is 6.10 Å². The average molecular weight is 233 g/mol. The Balaban J connectivity index is 2.49. The Bertz CT molecular complexity index is 279. The van der Waals surface area contributed by atoms with Crippen LogP contribution < -0.4 is 0 Å². The predicted octanol–water partition coefficient (Wildman–Crippen LogP) is 4.95. The van der Waals surface area contributed by atoms with Crippen molar-refractivity contribution in [3.63, 3.8) is 0 Å². The van der Waals surface area contributed by atoms with Crippen LogP contribution in [0.2, 0.25) is 0 Å². The number of hydrogen-bond acceptors (Lipinski definition) is 0. The summed E-state index contributed by atoms with van der Waals surface area (Å²) < 4.78 is 0. The van der Waals surface area contributed by atoms with E-state index in [1.807, 2.05) is 6.07 Å². The molecular weight excluding hydrogens is 208 g/mol. The van der Waals surface area contributed by atoms with Crippen molar-refractivity contribution >= 4 is 0 Å². The van der Waals surface area contributed by atoms with Crippen LogP contribution in [0.4, 0.5) is 0 Å². The van der Waals surface area contributed by atoms with Gasteiger partial charge in [0.1, 0.15) is 0 Å². The van der Waals surface area contributed by atoms with Crippen molar-refractivity contribution in [1.82, 2.24) is 0 Å². The van der Waals surface area contributed by atoms with Crippen LogP contribution in [0.5, 0.6) is 0 Å². The molecule has 0 heterocycles. The molecule has 1 nitrogen and oxygen atoms in total. The van der Waals surface area contributed by atoms with E-state index in [0.29, 0.717) is 5.92 Å². The monoisotopic (exact) mass is 233 g/mol. The average Bonchev–Trinajstić information content (AvgIpc) is 2.34. The first-order valence-electron chi connectivity index (χ1n) is 6.94. The summed E-state index contributed by atoms with van der Waals surface area (Å²) >= 11 is 0. The maximum absolute atomic E-state index is 11.4. The zero-order chi connectivity index (χ0) is 12.5. The molecule has 0 aliphatic rings. The van der Waals surface area contributed by atoms with Crippen molar-refractivity contribution in [2.45, 2.75) is 64.4 Å². The third-order valence-corrected chi connectivity index (χ3v) is 3.29. The highest BCUT2D eigenvalue weighted by atomic mass is 16.3. The number of unbranched alkanes of at least 4 members (excludes halogenated alkanes) is 3. The maximum Gasteiger partial charge on any atom is 0.0907 e. The summed E-state index contributed by atoms with van der Waals surface area (Å²) in [6.45, 7) is 4.01. The van der Waals surface area contributed by atoms with Crippen molar-refractivity contribution < 1.29 is 5.11 Å². The van der Waals surface area contributed by atoms with Crippen LogP contribution in [0.1, 0.15) is 63.9 Å². The molecule has 0 bridgehead atoms. The van der Waals surface area contributed by atoms with Crippen LogP contribution in [0.3, 0.4) is 0 Å². The molecule has 0 aliphatic carbocycles. The second kappa shape index (κ2) is 8.30. The van der Waals surface area contributed by atoms with Gasteiger partial charge in [0.2, 0.25) is 0 Å². The molecule has 95 valence electrons. The van der Waals surface area contributed by atoms with Gasteiger partial charge in [0.15, 0.2) is 0 Å². The van der Waals surface area contributed by atoms with Crippen molar-refractivity contribution in [1.29, 1.82) is 0 Å². The zero-order valence-electron chi connectivity index (χ0n) is 11.2. The lowest BCUT2D eigenvalue weighted by atomic mass is 9.88. The predicted molar refractivity (Wildman–Crippen MR) is 72.7 cm³/mol. The minimum absolute atomic E-state index is 0.452. The van der Waals surface area contributed by atoms with Crippen molar-refractivity contribution in [3.05, 3.63) is 35.9 Å². The summed E-state index contributed by atoms with van der Waals surface area (Å²) in [5.41, 5.74) is 1.34. The Morgan fingerprint density at radius 3 is 2.35 bits per heavy atom. The fourth-order valence-electron chi connectivity index (χ4n) is 2.36.